The summed E-state index contributed by atoms with van der Waals surface area (Å²) in [7, 11) is 0. The van der Waals surface area contributed by atoms with Gasteiger partial charge in [-0.15, -0.1) is 0 Å². The molecule has 0 radical (unpaired) electrons. The molecule has 0 saturated heterocycles. The van der Waals surface area contributed by atoms with E-state index in [1.165, 1.54) is 13.3 Å². The Labute approximate surface area is 80.7 Å². The second kappa shape index (κ2) is 3.32. The average molecular weight is 184 g/mol. The Morgan fingerprint density at radius 1 is 1.23 bits per heavy atom. The number of hydrogen-bond acceptors (Lipinski definition) is 2. The maximum atomic E-state index is 10.9. The van der Waals surface area contributed by atoms with E-state index < -0.39 is 0 Å². The van der Waals surface area contributed by atoms with Crippen LogP contribution >= 0.6 is 0 Å². The third-order valence-corrected chi connectivity index (χ3v) is 2.80. The molecule has 1 aliphatic rings. The van der Waals surface area contributed by atoms with Crippen molar-refractivity contribution in [2.24, 2.45) is 5.41 Å². The van der Waals surface area contributed by atoms with E-state index in [1.807, 2.05) is 0 Å². The van der Waals surface area contributed by atoms with E-state index in [-0.39, 0.29) is 11.6 Å². The summed E-state index contributed by atoms with van der Waals surface area (Å²) in [5.41, 5.74) is 0.107. The number of ether oxygens (including phenoxy) is 1. The molecule has 2 heteroatoms. The summed E-state index contributed by atoms with van der Waals surface area (Å²) in [6.45, 7) is 8.03. The van der Waals surface area contributed by atoms with Gasteiger partial charge in [-0.1, -0.05) is 13.8 Å². The summed E-state index contributed by atoms with van der Waals surface area (Å²) in [5.74, 6) is -0.153. The van der Waals surface area contributed by atoms with Gasteiger partial charge in [0.1, 0.15) is 5.60 Å². The second-order valence-electron chi connectivity index (χ2n) is 5.24. The third kappa shape index (κ3) is 3.02. The van der Waals surface area contributed by atoms with Crippen LogP contribution in [-0.4, -0.2) is 11.6 Å². The normalized spacial score (nSPS) is 32.6. The van der Waals surface area contributed by atoms with Crippen LogP contribution in [0, 0.1) is 5.41 Å². The molecule has 13 heavy (non-hydrogen) atoms. The van der Waals surface area contributed by atoms with E-state index in [1.54, 1.807) is 0 Å². The molecule has 1 atom stereocenters. The Balaban J connectivity index is 2.63. The lowest BCUT2D eigenvalue weighted by molar-refractivity contribution is -0.162. The third-order valence-electron chi connectivity index (χ3n) is 2.80. The Morgan fingerprint density at radius 2 is 1.85 bits per heavy atom. The fourth-order valence-corrected chi connectivity index (χ4v) is 2.56. The zero-order valence-corrected chi connectivity index (χ0v) is 9.14. The van der Waals surface area contributed by atoms with Crippen LogP contribution in [-0.2, 0) is 9.53 Å². The first-order valence-electron chi connectivity index (χ1n) is 5.03. The maximum Gasteiger partial charge on any atom is 0.303 e. The van der Waals surface area contributed by atoms with Gasteiger partial charge in [-0.2, -0.15) is 0 Å². The van der Waals surface area contributed by atoms with Gasteiger partial charge in [-0.3, -0.25) is 4.79 Å². The molecular weight excluding hydrogens is 164 g/mol. The molecule has 1 rings (SSSR count). The van der Waals surface area contributed by atoms with Gasteiger partial charge in [0.05, 0.1) is 0 Å². The highest BCUT2D eigenvalue weighted by Crippen LogP contribution is 2.42. The molecule has 0 aliphatic heterocycles. The van der Waals surface area contributed by atoms with E-state index in [4.69, 9.17) is 4.74 Å². The highest BCUT2D eigenvalue weighted by Gasteiger charge is 2.38. The van der Waals surface area contributed by atoms with Crippen LogP contribution in [0.1, 0.15) is 53.4 Å². The quantitative estimate of drug-likeness (QED) is 0.586. The largest absolute Gasteiger partial charge is 0.460 e. The number of hydrogen-bond donors (Lipinski definition) is 0. The van der Waals surface area contributed by atoms with Crippen molar-refractivity contribution in [3.8, 4) is 0 Å². The fourth-order valence-electron chi connectivity index (χ4n) is 2.56. The lowest BCUT2D eigenvalue weighted by Gasteiger charge is -2.41. The molecule has 1 saturated carbocycles. The van der Waals surface area contributed by atoms with Crippen LogP contribution in [0.3, 0.4) is 0 Å². The number of esters is 1. The molecule has 2 nitrogen and oxygen atoms in total. The van der Waals surface area contributed by atoms with Crippen molar-refractivity contribution in [3.05, 3.63) is 0 Å². The van der Waals surface area contributed by atoms with E-state index in [9.17, 15) is 4.79 Å². The maximum absolute atomic E-state index is 10.9. The molecule has 1 aliphatic carbocycles. The summed E-state index contributed by atoms with van der Waals surface area (Å²) in [6, 6.07) is 0. The highest BCUT2D eigenvalue weighted by molar-refractivity contribution is 5.66. The predicted octanol–water partition coefficient (Wildman–Crippen LogP) is 2.91. The molecule has 1 fully saturated rings. The van der Waals surface area contributed by atoms with Gasteiger partial charge in [-0.25, -0.2) is 0 Å². The summed E-state index contributed by atoms with van der Waals surface area (Å²) < 4.78 is 5.38. The van der Waals surface area contributed by atoms with E-state index in [0.717, 1.165) is 19.3 Å². The molecule has 0 spiro atoms. The van der Waals surface area contributed by atoms with Gasteiger partial charge in [-0.05, 0) is 38.0 Å². The summed E-state index contributed by atoms with van der Waals surface area (Å²) in [6.07, 6.45) is 4.40. The minimum atomic E-state index is -0.215. The van der Waals surface area contributed by atoms with Crippen LogP contribution in [0.15, 0.2) is 0 Å². The van der Waals surface area contributed by atoms with Gasteiger partial charge >= 0.3 is 5.97 Å². The van der Waals surface area contributed by atoms with Gasteiger partial charge in [0.25, 0.3) is 0 Å². The SMILES string of the molecule is CC(=O)OC1(C)CCCC(C)(C)C1. The molecule has 1 unspecified atom stereocenters. The van der Waals surface area contributed by atoms with Crippen molar-refractivity contribution < 1.29 is 9.53 Å². The smallest absolute Gasteiger partial charge is 0.303 e. The molecule has 0 amide bonds. The Kier molecular flexibility index (Phi) is 2.69. The van der Waals surface area contributed by atoms with Crippen LogP contribution in [0.2, 0.25) is 0 Å². The topological polar surface area (TPSA) is 26.3 Å². The average Bonchev–Trinajstić information content (AvgIpc) is 1.79. The minimum Gasteiger partial charge on any atom is -0.460 e. The standard InChI is InChI=1S/C11H20O2/c1-9(12)13-11(4)7-5-6-10(2,3)8-11/h5-8H2,1-4H3. The Hall–Kier alpha value is -0.530. The van der Waals surface area contributed by atoms with Crippen molar-refractivity contribution in [1.82, 2.24) is 0 Å². The van der Waals surface area contributed by atoms with Crippen LogP contribution in [0.25, 0.3) is 0 Å². The molecule has 0 heterocycles. The zero-order valence-electron chi connectivity index (χ0n) is 9.14. The number of carbonyl (C=O) groups is 1. The molecule has 0 aromatic carbocycles. The first kappa shape index (κ1) is 10.6. The zero-order chi connectivity index (χ0) is 10.1. The molecule has 0 N–H and O–H groups in total. The molecular formula is C11H20O2. The van der Waals surface area contributed by atoms with Crippen LogP contribution in [0.4, 0.5) is 0 Å². The van der Waals surface area contributed by atoms with Crippen molar-refractivity contribution in [3.63, 3.8) is 0 Å². The highest BCUT2D eigenvalue weighted by atomic mass is 16.6. The van der Waals surface area contributed by atoms with E-state index in [2.05, 4.69) is 20.8 Å². The summed E-state index contributed by atoms with van der Waals surface area (Å²) >= 11 is 0. The van der Waals surface area contributed by atoms with Crippen LogP contribution < -0.4 is 0 Å². The van der Waals surface area contributed by atoms with Crippen molar-refractivity contribution in [2.75, 3.05) is 0 Å². The number of rotatable bonds is 1. The lowest BCUT2D eigenvalue weighted by Crippen LogP contribution is -2.39. The molecule has 0 bridgehead atoms. The first-order chi connectivity index (χ1) is 5.83. The van der Waals surface area contributed by atoms with Crippen molar-refractivity contribution in [1.29, 1.82) is 0 Å². The molecule has 76 valence electrons. The van der Waals surface area contributed by atoms with Gasteiger partial charge in [0, 0.05) is 6.92 Å². The van der Waals surface area contributed by atoms with Crippen LogP contribution in [0.5, 0.6) is 0 Å². The number of carbonyl (C=O) groups excluding carboxylic acids is 1. The Bertz CT molecular complexity index is 208. The summed E-state index contributed by atoms with van der Waals surface area (Å²) in [5, 5.41) is 0. The lowest BCUT2D eigenvalue weighted by atomic mass is 9.70. The predicted molar refractivity (Wildman–Crippen MR) is 52.4 cm³/mol. The Morgan fingerprint density at radius 3 is 2.31 bits per heavy atom. The van der Waals surface area contributed by atoms with E-state index >= 15 is 0 Å². The second-order valence-corrected chi connectivity index (χ2v) is 5.24. The minimum absolute atomic E-state index is 0.153. The van der Waals surface area contributed by atoms with Crippen molar-refractivity contribution >= 4 is 5.97 Å². The first-order valence-corrected chi connectivity index (χ1v) is 5.03. The van der Waals surface area contributed by atoms with Gasteiger partial charge < -0.3 is 4.74 Å². The monoisotopic (exact) mass is 184 g/mol. The molecule has 0 aromatic heterocycles. The van der Waals surface area contributed by atoms with E-state index in [0.29, 0.717) is 5.41 Å². The van der Waals surface area contributed by atoms with Gasteiger partial charge in [0.2, 0.25) is 0 Å². The fraction of sp³-hybridized carbons (Fsp3) is 0.909. The molecule has 0 aromatic rings. The summed E-state index contributed by atoms with van der Waals surface area (Å²) in [4.78, 5) is 10.9. The van der Waals surface area contributed by atoms with Crippen molar-refractivity contribution in [2.45, 2.75) is 59.0 Å². The van der Waals surface area contributed by atoms with Gasteiger partial charge in [0.15, 0.2) is 0 Å².